The Morgan fingerprint density at radius 3 is 2.31 bits per heavy atom. The molecule has 0 atom stereocenters. The van der Waals surface area contributed by atoms with Crippen LogP contribution in [0.15, 0.2) is 24.3 Å². The summed E-state index contributed by atoms with van der Waals surface area (Å²) in [6.07, 6.45) is -4.34. The van der Waals surface area contributed by atoms with Crippen LogP contribution in [-0.2, 0) is 0 Å². The quantitative estimate of drug-likeness (QED) is 0.808. The molecule has 0 spiro atoms. The van der Waals surface area contributed by atoms with Gasteiger partial charge in [0.25, 0.3) is 0 Å². The Morgan fingerprint density at radius 1 is 1.31 bits per heavy atom. The summed E-state index contributed by atoms with van der Waals surface area (Å²) in [4.78, 5) is 0. The van der Waals surface area contributed by atoms with Crippen LogP contribution in [0.5, 0.6) is 5.75 Å². The van der Waals surface area contributed by atoms with Gasteiger partial charge in [-0.25, -0.2) is 0 Å². The second kappa shape index (κ2) is 5.02. The first-order chi connectivity index (χ1) is 7.37. The predicted octanol–water partition coefficient (Wildman–Crippen LogP) is 2.28. The molecular weight excluding hydrogens is 241 g/mol. The maximum Gasteiger partial charge on any atom is 0.422 e. The van der Waals surface area contributed by atoms with Crippen molar-refractivity contribution in [2.24, 2.45) is 5.73 Å². The third-order valence-corrected chi connectivity index (χ3v) is 1.63. The topological polar surface area (TPSA) is 47.3 Å². The highest BCUT2D eigenvalue weighted by atomic mass is 32.1. The number of anilines is 1. The third-order valence-electron chi connectivity index (χ3n) is 1.52. The molecule has 0 aliphatic rings. The molecule has 0 bridgehead atoms. The standard InChI is InChI=1S/C9H9F3N2OS/c10-9(11,12)5-15-7-3-1-6(2-4-7)14-8(13)16/h1-4H,5H2,(H3,13,14,16). The van der Waals surface area contributed by atoms with Gasteiger partial charge in [-0.15, -0.1) is 0 Å². The molecule has 0 saturated heterocycles. The first-order valence-corrected chi connectivity index (χ1v) is 4.64. The zero-order valence-corrected chi connectivity index (χ0v) is 8.86. The van der Waals surface area contributed by atoms with Gasteiger partial charge in [-0.1, -0.05) is 0 Å². The molecule has 0 radical (unpaired) electrons. The van der Waals surface area contributed by atoms with Crippen molar-refractivity contribution < 1.29 is 17.9 Å². The van der Waals surface area contributed by atoms with Gasteiger partial charge in [0.15, 0.2) is 11.7 Å². The molecule has 0 aliphatic carbocycles. The van der Waals surface area contributed by atoms with E-state index >= 15 is 0 Å². The second-order valence-electron chi connectivity index (χ2n) is 2.92. The Kier molecular flexibility index (Phi) is 3.94. The van der Waals surface area contributed by atoms with E-state index in [2.05, 4.69) is 22.3 Å². The molecule has 0 unspecified atom stereocenters. The number of thiocarbonyl (C=S) groups is 1. The summed E-state index contributed by atoms with van der Waals surface area (Å²) >= 11 is 4.60. The van der Waals surface area contributed by atoms with E-state index in [4.69, 9.17) is 5.73 Å². The molecule has 1 aromatic carbocycles. The molecule has 7 heteroatoms. The Hall–Kier alpha value is -1.50. The lowest BCUT2D eigenvalue weighted by Gasteiger charge is -2.09. The molecule has 3 nitrogen and oxygen atoms in total. The number of alkyl halides is 3. The van der Waals surface area contributed by atoms with E-state index in [0.29, 0.717) is 5.69 Å². The molecule has 3 N–H and O–H groups in total. The maximum atomic E-state index is 11.8. The highest BCUT2D eigenvalue weighted by Crippen LogP contribution is 2.20. The van der Waals surface area contributed by atoms with E-state index < -0.39 is 12.8 Å². The van der Waals surface area contributed by atoms with E-state index in [1.165, 1.54) is 24.3 Å². The average molecular weight is 250 g/mol. The van der Waals surface area contributed by atoms with Crippen LogP contribution >= 0.6 is 12.2 Å². The number of ether oxygens (including phenoxy) is 1. The van der Waals surface area contributed by atoms with Crippen molar-refractivity contribution in [1.29, 1.82) is 0 Å². The first-order valence-electron chi connectivity index (χ1n) is 4.23. The number of halogens is 3. The number of nitrogens with one attached hydrogen (secondary N) is 1. The van der Waals surface area contributed by atoms with E-state index in [1.807, 2.05) is 0 Å². The molecule has 88 valence electrons. The fourth-order valence-electron chi connectivity index (χ4n) is 0.942. The minimum atomic E-state index is -4.34. The van der Waals surface area contributed by atoms with Crippen molar-refractivity contribution in [1.82, 2.24) is 0 Å². The molecule has 1 rings (SSSR count). The largest absolute Gasteiger partial charge is 0.484 e. The Labute approximate surface area is 95.4 Å². The highest BCUT2D eigenvalue weighted by Gasteiger charge is 2.28. The number of rotatable bonds is 3. The van der Waals surface area contributed by atoms with E-state index in [9.17, 15) is 13.2 Å². The van der Waals surface area contributed by atoms with Gasteiger partial charge >= 0.3 is 6.18 Å². The van der Waals surface area contributed by atoms with Crippen LogP contribution in [0.1, 0.15) is 0 Å². The van der Waals surface area contributed by atoms with Gasteiger partial charge in [-0.3, -0.25) is 0 Å². The van der Waals surface area contributed by atoms with Crippen LogP contribution in [-0.4, -0.2) is 17.9 Å². The first kappa shape index (κ1) is 12.6. The molecule has 0 saturated carbocycles. The molecule has 0 fully saturated rings. The van der Waals surface area contributed by atoms with Crippen LogP contribution in [0, 0.1) is 0 Å². The lowest BCUT2D eigenvalue weighted by atomic mass is 10.3. The van der Waals surface area contributed by atoms with Crippen LogP contribution in [0.4, 0.5) is 18.9 Å². The minimum Gasteiger partial charge on any atom is -0.484 e. The zero-order chi connectivity index (χ0) is 12.2. The molecule has 0 amide bonds. The minimum absolute atomic E-state index is 0.0870. The number of hydrogen-bond acceptors (Lipinski definition) is 2. The fourth-order valence-corrected chi connectivity index (χ4v) is 1.06. The summed E-state index contributed by atoms with van der Waals surface area (Å²) < 4.78 is 40.0. The summed E-state index contributed by atoms with van der Waals surface area (Å²) in [6, 6.07) is 5.83. The Balaban J connectivity index is 2.55. The highest BCUT2D eigenvalue weighted by molar-refractivity contribution is 7.80. The molecular formula is C9H9F3N2OS. The summed E-state index contributed by atoms with van der Waals surface area (Å²) in [5.74, 6) is 0.130. The molecule has 1 aromatic rings. The summed E-state index contributed by atoms with van der Waals surface area (Å²) in [6.45, 7) is -1.31. The smallest absolute Gasteiger partial charge is 0.422 e. The maximum absolute atomic E-state index is 11.8. The van der Waals surface area contributed by atoms with Crippen molar-refractivity contribution in [2.75, 3.05) is 11.9 Å². The summed E-state index contributed by atoms with van der Waals surface area (Å²) in [5.41, 5.74) is 5.81. The number of hydrogen-bond donors (Lipinski definition) is 2. The van der Waals surface area contributed by atoms with E-state index in [-0.39, 0.29) is 10.9 Å². The van der Waals surface area contributed by atoms with Crippen LogP contribution in [0.25, 0.3) is 0 Å². The number of nitrogens with two attached hydrogens (primary N) is 1. The second-order valence-corrected chi connectivity index (χ2v) is 3.36. The summed E-state index contributed by atoms with van der Waals surface area (Å²) in [7, 11) is 0. The molecule has 0 aromatic heterocycles. The fraction of sp³-hybridized carbons (Fsp3) is 0.222. The molecule has 0 heterocycles. The van der Waals surface area contributed by atoms with Crippen LogP contribution in [0.2, 0.25) is 0 Å². The van der Waals surface area contributed by atoms with Crippen LogP contribution < -0.4 is 15.8 Å². The van der Waals surface area contributed by atoms with Crippen molar-refractivity contribution >= 4 is 23.0 Å². The third kappa shape index (κ3) is 4.83. The van der Waals surface area contributed by atoms with Gasteiger partial charge in [0.2, 0.25) is 0 Å². The predicted molar refractivity (Wildman–Crippen MR) is 58.4 cm³/mol. The summed E-state index contributed by atoms with van der Waals surface area (Å²) in [5, 5.41) is 2.72. The van der Waals surface area contributed by atoms with Crippen molar-refractivity contribution in [3.8, 4) is 5.75 Å². The van der Waals surface area contributed by atoms with Gasteiger partial charge in [-0.05, 0) is 36.5 Å². The van der Waals surface area contributed by atoms with E-state index in [0.717, 1.165) is 0 Å². The average Bonchev–Trinajstić information content (AvgIpc) is 2.14. The monoisotopic (exact) mass is 250 g/mol. The van der Waals surface area contributed by atoms with Crippen molar-refractivity contribution in [2.45, 2.75) is 6.18 Å². The van der Waals surface area contributed by atoms with Gasteiger partial charge < -0.3 is 15.8 Å². The van der Waals surface area contributed by atoms with E-state index in [1.54, 1.807) is 0 Å². The van der Waals surface area contributed by atoms with Gasteiger partial charge in [0.05, 0.1) is 0 Å². The molecule has 0 aliphatic heterocycles. The van der Waals surface area contributed by atoms with Gasteiger partial charge in [-0.2, -0.15) is 13.2 Å². The normalized spacial score (nSPS) is 10.9. The SMILES string of the molecule is NC(=S)Nc1ccc(OCC(F)(F)F)cc1. The Morgan fingerprint density at radius 2 is 1.88 bits per heavy atom. The lowest BCUT2D eigenvalue weighted by molar-refractivity contribution is -0.153. The van der Waals surface area contributed by atoms with Gasteiger partial charge in [0, 0.05) is 5.69 Å². The Bertz CT molecular complexity index is 364. The molecule has 16 heavy (non-hydrogen) atoms. The van der Waals surface area contributed by atoms with Gasteiger partial charge in [0.1, 0.15) is 5.75 Å². The van der Waals surface area contributed by atoms with Crippen LogP contribution in [0.3, 0.4) is 0 Å². The lowest BCUT2D eigenvalue weighted by Crippen LogP contribution is -2.19. The van der Waals surface area contributed by atoms with Crippen molar-refractivity contribution in [3.63, 3.8) is 0 Å². The van der Waals surface area contributed by atoms with Crippen molar-refractivity contribution in [3.05, 3.63) is 24.3 Å². The number of benzene rings is 1. The zero-order valence-electron chi connectivity index (χ0n) is 8.04.